The van der Waals surface area contributed by atoms with Gasteiger partial charge in [0.1, 0.15) is 0 Å². The lowest BCUT2D eigenvalue weighted by Gasteiger charge is -2.10. The van der Waals surface area contributed by atoms with Crippen LogP contribution in [0, 0.1) is 0 Å². The highest BCUT2D eigenvalue weighted by atomic mass is 32.2. The maximum atomic E-state index is 12.7. The molecule has 33 heavy (non-hydrogen) atoms. The fourth-order valence-corrected chi connectivity index (χ4v) is 4.69. The monoisotopic (exact) mass is 478 g/mol. The number of hydrogen-bond acceptors (Lipinski definition) is 6. The van der Waals surface area contributed by atoms with Crippen LogP contribution >= 0.6 is 11.3 Å². The Morgan fingerprint density at radius 3 is 2.12 bits per heavy atom. The fourth-order valence-electron chi connectivity index (χ4n) is 2.90. The molecular formula is C23H18N4O4S2. The number of aromatic nitrogens is 1. The lowest BCUT2D eigenvalue weighted by atomic mass is 10.1. The maximum Gasteiger partial charge on any atom is 0.263 e. The molecule has 1 heterocycles. The summed E-state index contributed by atoms with van der Waals surface area (Å²) in [5, 5.41) is 7.42. The van der Waals surface area contributed by atoms with Gasteiger partial charge in [-0.15, -0.1) is 11.3 Å². The number of carbonyl (C=O) groups excluding carboxylic acids is 2. The van der Waals surface area contributed by atoms with Crippen LogP contribution in [0.1, 0.15) is 20.7 Å². The number of nitrogens with one attached hydrogen (secondary N) is 3. The van der Waals surface area contributed by atoms with Crippen LogP contribution in [0.2, 0.25) is 0 Å². The van der Waals surface area contributed by atoms with Gasteiger partial charge in [0.25, 0.3) is 21.8 Å². The van der Waals surface area contributed by atoms with Crippen molar-refractivity contribution in [2.45, 2.75) is 4.90 Å². The Hall–Kier alpha value is -4.02. The minimum Gasteiger partial charge on any atom is -0.322 e. The number of sulfonamides is 1. The summed E-state index contributed by atoms with van der Waals surface area (Å²) in [6.45, 7) is 0. The molecule has 0 saturated carbocycles. The molecular weight excluding hydrogens is 460 g/mol. The minimum absolute atomic E-state index is 0.0429. The standard InChI is InChI=1S/C23H18N4O4S2/c28-21(16-5-2-1-3-6-16)26-19-8-4-7-17(15-19)22(29)25-18-9-11-20(12-10-18)33(30,31)27-23-24-13-14-32-23/h1-15H,(H,24,27)(H,25,29)(H,26,28). The van der Waals surface area contributed by atoms with Crippen molar-refractivity contribution in [3.8, 4) is 0 Å². The summed E-state index contributed by atoms with van der Waals surface area (Å²) in [6, 6.07) is 21.1. The summed E-state index contributed by atoms with van der Waals surface area (Å²) in [6.07, 6.45) is 1.50. The molecule has 3 N–H and O–H groups in total. The summed E-state index contributed by atoms with van der Waals surface area (Å²) < 4.78 is 27.2. The van der Waals surface area contributed by atoms with Crippen molar-refractivity contribution in [3.63, 3.8) is 0 Å². The molecule has 0 spiro atoms. The second-order valence-corrected chi connectivity index (χ2v) is 9.40. The Bertz CT molecular complexity index is 1370. The predicted octanol–water partition coefficient (Wildman–Crippen LogP) is 4.45. The largest absolute Gasteiger partial charge is 0.322 e. The van der Waals surface area contributed by atoms with Crippen molar-refractivity contribution in [1.29, 1.82) is 0 Å². The lowest BCUT2D eigenvalue weighted by Crippen LogP contribution is -2.15. The zero-order valence-electron chi connectivity index (χ0n) is 17.1. The minimum atomic E-state index is -3.78. The second kappa shape index (κ2) is 9.63. The first kappa shape index (κ1) is 22.2. The molecule has 0 saturated heterocycles. The molecule has 4 rings (SSSR count). The second-order valence-electron chi connectivity index (χ2n) is 6.82. The van der Waals surface area contributed by atoms with Crippen molar-refractivity contribution < 1.29 is 18.0 Å². The van der Waals surface area contributed by atoms with Crippen molar-refractivity contribution in [1.82, 2.24) is 4.98 Å². The number of thiazole rings is 1. The number of nitrogens with zero attached hydrogens (tertiary/aromatic N) is 1. The van der Waals surface area contributed by atoms with E-state index >= 15 is 0 Å². The van der Waals surface area contributed by atoms with E-state index in [0.29, 0.717) is 22.5 Å². The molecule has 0 fully saturated rings. The van der Waals surface area contributed by atoms with Crippen LogP contribution in [0.15, 0.2) is 95.3 Å². The van der Waals surface area contributed by atoms with Gasteiger partial charge < -0.3 is 10.6 Å². The number of amides is 2. The normalized spacial score (nSPS) is 10.9. The zero-order valence-corrected chi connectivity index (χ0v) is 18.7. The Morgan fingerprint density at radius 2 is 1.42 bits per heavy atom. The summed E-state index contributed by atoms with van der Waals surface area (Å²) >= 11 is 1.17. The van der Waals surface area contributed by atoms with E-state index in [0.717, 1.165) is 0 Å². The molecule has 0 radical (unpaired) electrons. The van der Waals surface area contributed by atoms with E-state index in [1.807, 2.05) is 6.07 Å². The summed E-state index contributed by atoms with van der Waals surface area (Å²) in [4.78, 5) is 28.9. The molecule has 2 amide bonds. The Labute approximate surface area is 194 Å². The first-order valence-corrected chi connectivity index (χ1v) is 12.1. The van der Waals surface area contributed by atoms with Crippen LogP contribution in [-0.2, 0) is 10.0 Å². The van der Waals surface area contributed by atoms with Gasteiger partial charge in [-0.1, -0.05) is 24.3 Å². The van der Waals surface area contributed by atoms with Crippen LogP contribution in [-0.4, -0.2) is 25.2 Å². The van der Waals surface area contributed by atoms with Crippen LogP contribution in [0.3, 0.4) is 0 Å². The van der Waals surface area contributed by atoms with Gasteiger partial charge in [-0.3, -0.25) is 14.3 Å². The highest BCUT2D eigenvalue weighted by Gasteiger charge is 2.16. The maximum absolute atomic E-state index is 12.7. The van der Waals surface area contributed by atoms with Gasteiger partial charge in [0.15, 0.2) is 5.13 Å². The van der Waals surface area contributed by atoms with Gasteiger partial charge in [0, 0.05) is 34.1 Å². The molecule has 8 nitrogen and oxygen atoms in total. The van der Waals surface area contributed by atoms with Gasteiger partial charge in [0.05, 0.1) is 4.90 Å². The number of hydrogen-bond donors (Lipinski definition) is 3. The number of rotatable bonds is 7. The molecule has 1 aromatic heterocycles. The van der Waals surface area contributed by atoms with Gasteiger partial charge in [-0.05, 0) is 54.6 Å². The van der Waals surface area contributed by atoms with Gasteiger partial charge in [-0.2, -0.15) is 0 Å². The van der Waals surface area contributed by atoms with Crippen LogP contribution in [0.25, 0.3) is 0 Å². The van der Waals surface area contributed by atoms with Gasteiger partial charge >= 0.3 is 0 Å². The van der Waals surface area contributed by atoms with E-state index in [-0.39, 0.29) is 15.9 Å². The van der Waals surface area contributed by atoms with Crippen molar-refractivity contribution in [2.75, 3.05) is 15.4 Å². The van der Waals surface area contributed by atoms with E-state index in [1.54, 1.807) is 53.9 Å². The quantitative estimate of drug-likeness (QED) is 0.363. The Balaban J connectivity index is 1.42. The van der Waals surface area contributed by atoms with Crippen LogP contribution in [0.5, 0.6) is 0 Å². The van der Waals surface area contributed by atoms with Gasteiger partial charge in [0.2, 0.25) is 0 Å². The summed E-state index contributed by atoms with van der Waals surface area (Å²) in [7, 11) is -3.78. The van der Waals surface area contributed by atoms with Gasteiger partial charge in [-0.25, -0.2) is 13.4 Å². The third-order valence-electron chi connectivity index (χ3n) is 4.50. The van der Waals surface area contributed by atoms with Crippen LogP contribution in [0.4, 0.5) is 16.5 Å². The SMILES string of the molecule is O=C(Nc1cccc(C(=O)Nc2ccc(S(=O)(=O)Nc3nccs3)cc2)c1)c1ccccc1. The molecule has 0 aliphatic heterocycles. The molecule has 0 unspecified atom stereocenters. The first-order valence-electron chi connectivity index (χ1n) is 9.71. The lowest BCUT2D eigenvalue weighted by molar-refractivity contribution is 0.101. The number of carbonyl (C=O) groups is 2. The Kier molecular flexibility index (Phi) is 6.48. The van der Waals surface area contributed by atoms with E-state index in [9.17, 15) is 18.0 Å². The van der Waals surface area contributed by atoms with E-state index < -0.39 is 15.9 Å². The third kappa shape index (κ3) is 5.62. The molecule has 0 aliphatic carbocycles. The average Bonchev–Trinajstić information content (AvgIpc) is 3.32. The molecule has 10 heteroatoms. The molecule has 0 aliphatic rings. The summed E-state index contributed by atoms with van der Waals surface area (Å²) in [5.74, 6) is -0.682. The third-order valence-corrected chi connectivity index (χ3v) is 6.67. The smallest absolute Gasteiger partial charge is 0.263 e. The topological polar surface area (TPSA) is 117 Å². The van der Waals surface area contributed by atoms with Crippen molar-refractivity contribution >= 4 is 49.7 Å². The first-order chi connectivity index (χ1) is 15.9. The number of benzene rings is 3. The van der Waals surface area contributed by atoms with Crippen molar-refractivity contribution in [2.24, 2.45) is 0 Å². The molecule has 166 valence electrons. The van der Waals surface area contributed by atoms with E-state index in [4.69, 9.17) is 0 Å². The van der Waals surface area contributed by atoms with Crippen LogP contribution < -0.4 is 15.4 Å². The highest BCUT2D eigenvalue weighted by molar-refractivity contribution is 7.93. The Morgan fingerprint density at radius 1 is 0.758 bits per heavy atom. The van der Waals surface area contributed by atoms with Crippen molar-refractivity contribution in [3.05, 3.63) is 102 Å². The predicted molar refractivity (Wildman–Crippen MR) is 128 cm³/mol. The molecule has 0 atom stereocenters. The summed E-state index contributed by atoms with van der Waals surface area (Å²) in [5.41, 5.74) is 1.74. The highest BCUT2D eigenvalue weighted by Crippen LogP contribution is 2.20. The zero-order chi connectivity index (χ0) is 23.3. The molecule has 0 bridgehead atoms. The molecule has 4 aromatic rings. The number of anilines is 3. The van der Waals surface area contributed by atoms with E-state index in [2.05, 4.69) is 20.3 Å². The average molecular weight is 479 g/mol. The molecule has 3 aromatic carbocycles. The van der Waals surface area contributed by atoms with E-state index in [1.165, 1.54) is 41.8 Å². The fraction of sp³-hybridized carbons (Fsp3) is 0.